The van der Waals surface area contributed by atoms with E-state index < -0.39 is 5.92 Å². The first-order chi connectivity index (χ1) is 16.0. The van der Waals surface area contributed by atoms with E-state index in [0.29, 0.717) is 17.6 Å². The SMILES string of the molecule is Cc1ccc(N2CC(C(=O)NCc3nn(C4CCCC4)c(=O)c4ccccc34)CC2=O)cc1. The fourth-order valence-corrected chi connectivity index (χ4v) is 4.97. The number of hydrogen-bond donors (Lipinski definition) is 1. The molecule has 2 amide bonds. The van der Waals surface area contributed by atoms with Gasteiger partial charge in [0.1, 0.15) is 0 Å². The molecule has 1 N–H and O–H groups in total. The Morgan fingerprint density at radius 2 is 1.73 bits per heavy atom. The van der Waals surface area contributed by atoms with Crippen molar-refractivity contribution in [1.82, 2.24) is 15.1 Å². The Morgan fingerprint density at radius 3 is 2.45 bits per heavy atom. The van der Waals surface area contributed by atoms with E-state index in [4.69, 9.17) is 0 Å². The molecule has 1 atom stereocenters. The molecule has 7 nitrogen and oxygen atoms in total. The number of anilines is 1. The summed E-state index contributed by atoms with van der Waals surface area (Å²) in [5, 5.41) is 9.05. The van der Waals surface area contributed by atoms with Crippen LogP contribution in [0.3, 0.4) is 0 Å². The Labute approximate surface area is 192 Å². The average Bonchev–Trinajstić information content (AvgIpc) is 3.49. The molecule has 33 heavy (non-hydrogen) atoms. The molecule has 1 aliphatic carbocycles. The number of aryl methyl sites for hydroxylation is 1. The second kappa shape index (κ2) is 8.81. The van der Waals surface area contributed by atoms with Crippen molar-refractivity contribution in [2.24, 2.45) is 5.92 Å². The maximum Gasteiger partial charge on any atom is 0.274 e. The normalized spacial score (nSPS) is 18.9. The van der Waals surface area contributed by atoms with Crippen LogP contribution in [0.25, 0.3) is 10.8 Å². The molecule has 1 unspecified atom stereocenters. The lowest BCUT2D eigenvalue weighted by Gasteiger charge is -2.18. The summed E-state index contributed by atoms with van der Waals surface area (Å²) in [4.78, 5) is 40.2. The van der Waals surface area contributed by atoms with E-state index in [1.165, 1.54) is 0 Å². The van der Waals surface area contributed by atoms with Gasteiger partial charge in [0.25, 0.3) is 5.56 Å². The van der Waals surface area contributed by atoms with Crippen molar-refractivity contribution < 1.29 is 9.59 Å². The second-order valence-corrected chi connectivity index (χ2v) is 9.14. The van der Waals surface area contributed by atoms with Gasteiger partial charge in [-0.05, 0) is 38.0 Å². The summed E-state index contributed by atoms with van der Waals surface area (Å²) < 4.78 is 1.62. The topological polar surface area (TPSA) is 84.3 Å². The Hall–Kier alpha value is -3.48. The summed E-state index contributed by atoms with van der Waals surface area (Å²) in [7, 11) is 0. The number of aromatic nitrogens is 2. The van der Waals surface area contributed by atoms with Gasteiger partial charge in [-0.2, -0.15) is 5.10 Å². The van der Waals surface area contributed by atoms with Crippen LogP contribution in [0, 0.1) is 12.8 Å². The predicted molar refractivity (Wildman–Crippen MR) is 127 cm³/mol. The first-order valence-electron chi connectivity index (χ1n) is 11.7. The number of carbonyl (C=O) groups excluding carboxylic acids is 2. The Bertz CT molecular complexity index is 1260. The molecule has 0 radical (unpaired) electrons. The van der Waals surface area contributed by atoms with Crippen LogP contribution in [0.2, 0.25) is 0 Å². The summed E-state index contributed by atoms with van der Waals surface area (Å²) in [6.07, 6.45) is 4.30. The Balaban J connectivity index is 1.34. The van der Waals surface area contributed by atoms with Gasteiger partial charge in [-0.25, -0.2) is 4.68 Å². The first kappa shape index (κ1) is 21.4. The Morgan fingerprint density at radius 1 is 1.03 bits per heavy atom. The molecule has 1 saturated heterocycles. The van der Waals surface area contributed by atoms with Gasteiger partial charge in [0.05, 0.1) is 29.6 Å². The van der Waals surface area contributed by atoms with Crippen molar-refractivity contribution in [1.29, 1.82) is 0 Å². The number of fused-ring (bicyclic) bond motifs is 1. The average molecular weight is 445 g/mol. The zero-order valence-corrected chi connectivity index (χ0v) is 18.8. The van der Waals surface area contributed by atoms with Gasteiger partial charge in [-0.1, -0.05) is 48.7 Å². The van der Waals surface area contributed by atoms with Gasteiger partial charge in [0.2, 0.25) is 11.8 Å². The van der Waals surface area contributed by atoms with Gasteiger partial charge in [-0.3, -0.25) is 14.4 Å². The van der Waals surface area contributed by atoms with Crippen LogP contribution in [-0.2, 0) is 16.1 Å². The van der Waals surface area contributed by atoms with Crippen LogP contribution >= 0.6 is 0 Å². The molecule has 3 aromatic rings. The van der Waals surface area contributed by atoms with E-state index in [-0.39, 0.29) is 36.4 Å². The maximum absolute atomic E-state index is 13.0. The van der Waals surface area contributed by atoms with Crippen LogP contribution in [0.5, 0.6) is 0 Å². The lowest BCUT2D eigenvalue weighted by atomic mass is 10.1. The van der Waals surface area contributed by atoms with Crippen molar-refractivity contribution in [2.45, 2.75) is 51.6 Å². The van der Waals surface area contributed by atoms with Crippen molar-refractivity contribution in [2.75, 3.05) is 11.4 Å². The lowest BCUT2D eigenvalue weighted by Crippen LogP contribution is -2.34. The highest BCUT2D eigenvalue weighted by molar-refractivity contribution is 6.00. The molecule has 0 spiro atoms. The Kier molecular flexibility index (Phi) is 5.70. The highest BCUT2D eigenvalue weighted by Gasteiger charge is 2.35. The van der Waals surface area contributed by atoms with Crippen molar-refractivity contribution in [3.63, 3.8) is 0 Å². The minimum atomic E-state index is -0.411. The number of amides is 2. The predicted octanol–water partition coefficient (Wildman–Crippen LogP) is 3.49. The van der Waals surface area contributed by atoms with Crippen molar-refractivity contribution in [3.05, 3.63) is 70.1 Å². The van der Waals surface area contributed by atoms with Crippen molar-refractivity contribution >= 4 is 28.3 Å². The number of nitrogens with zero attached hydrogens (tertiary/aromatic N) is 3. The highest BCUT2D eigenvalue weighted by atomic mass is 16.2. The van der Waals surface area contributed by atoms with E-state index in [1.807, 2.05) is 55.5 Å². The molecule has 1 aliphatic heterocycles. The largest absolute Gasteiger partial charge is 0.350 e. The summed E-state index contributed by atoms with van der Waals surface area (Å²) in [5.41, 5.74) is 2.56. The number of hydrogen-bond acceptors (Lipinski definition) is 4. The number of benzene rings is 2. The van der Waals surface area contributed by atoms with E-state index >= 15 is 0 Å². The van der Waals surface area contributed by atoms with Gasteiger partial charge in [-0.15, -0.1) is 0 Å². The smallest absolute Gasteiger partial charge is 0.274 e. The zero-order valence-electron chi connectivity index (χ0n) is 18.8. The fraction of sp³-hybridized carbons (Fsp3) is 0.385. The molecule has 2 heterocycles. The molecule has 7 heteroatoms. The summed E-state index contributed by atoms with van der Waals surface area (Å²) in [5.74, 6) is -0.620. The molecule has 2 aromatic carbocycles. The second-order valence-electron chi connectivity index (χ2n) is 9.14. The van der Waals surface area contributed by atoms with Crippen LogP contribution in [-0.4, -0.2) is 28.1 Å². The molecule has 170 valence electrons. The molecular weight excluding hydrogens is 416 g/mol. The number of rotatable bonds is 5. The molecule has 5 rings (SSSR count). The maximum atomic E-state index is 13.0. The fourth-order valence-electron chi connectivity index (χ4n) is 4.97. The highest BCUT2D eigenvalue weighted by Crippen LogP contribution is 2.29. The van der Waals surface area contributed by atoms with E-state index in [2.05, 4.69) is 10.4 Å². The standard InChI is InChI=1S/C26H28N4O3/c1-17-10-12-19(13-11-17)29-16-18(14-24(29)31)25(32)27-15-23-21-8-4-5-9-22(21)26(33)30(28-23)20-6-2-3-7-20/h4-5,8-13,18,20H,2-3,6-7,14-16H2,1H3,(H,27,32). The zero-order chi connectivity index (χ0) is 22.9. The van der Waals surface area contributed by atoms with E-state index in [9.17, 15) is 14.4 Å². The lowest BCUT2D eigenvalue weighted by molar-refractivity contribution is -0.126. The molecular formula is C26H28N4O3. The van der Waals surface area contributed by atoms with Gasteiger partial charge in [0, 0.05) is 24.0 Å². The third kappa shape index (κ3) is 4.15. The quantitative estimate of drug-likeness (QED) is 0.653. The summed E-state index contributed by atoms with van der Waals surface area (Å²) in [6.45, 7) is 2.59. The third-order valence-electron chi connectivity index (χ3n) is 6.85. The molecule has 1 saturated carbocycles. The van der Waals surface area contributed by atoms with Crippen LogP contribution in [0.15, 0.2) is 53.3 Å². The first-order valence-corrected chi connectivity index (χ1v) is 11.7. The minimum Gasteiger partial charge on any atom is -0.350 e. The summed E-state index contributed by atoms with van der Waals surface area (Å²) >= 11 is 0. The van der Waals surface area contributed by atoms with E-state index in [0.717, 1.165) is 42.3 Å². The molecule has 1 aromatic heterocycles. The molecule has 2 aliphatic rings. The van der Waals surface area contributed by atoms with Gasteiger partial charge < -0.3 is 10.2 Å². The number of nitrogens with one attached hydrogen (secondary N) is 1. The molecule has 2 fully saturated rings. The van der Waals surface area contributed by atoms with Crippen molar-refractivity contribution in [3.8, 4) is 0 Å². The van der Waals surface area contributed by atoms with Crippen LogP contribution in [0.4, 0.5) is 5.69 Å². The van der Waals surface area contributed by atoms with Gasteiger partial charge in [0.15, 0.2) is 0 Å². The summed E-state index contributed by atoms with van der Waals surface area (Å²) in [6, 6.07) is 15.3. The van der Waals surface area contributed by atoms with Gasteiger partial charge >= 0.3 is 0 Å². The molecule has 0 bridgehead atoms. The van der Waals surface area contributed by atoms with Crippen LogP contribution in [0.1, 0.15) is 49.4 Å². The minimum absolute atomic E-state index is 0.0441. The van der Waals surface area contributed by atoms with Crippen LogP contribution < -0.4 is 15.8 Å². The third-order valence-corrected chi connectivity index (χ3v) is 6.85. The number of carbonyl (C=O) groups is 2. The van der Waals surface area contributed by atoms with E-state index in [1.54, 1.807) is 9.58 Å². The monoisotopic (exact) mass is 444 g/mol.